The summed E-state index contributed by atoms with van der Waals surface area (Å²) in [5, 5.41) is 0.169. The topological polar surface area (TPSA) is 55.0 Å². The van der Waals surface area contributed by atoms with E-state index in [-0.39, 0.29) is 16.4 Å². The van der Waals surface area contributed by atoms with E-state index in [1.807, 2.05) is 43.3 Å². The van der Waals surface area contributed by atoms with Crippen molar-refractivity contribution in [2.75, 3.05) is 19.0 Å². The van der Waals surface area contributed by atoms with Crippen molar-refractivity contribution in [3.8, 4) is 0 Å². The van der Waals surface area contributed by atoms with Gasteiger partial charge in [-0.3, -0.25) is 4.98 Å². The van der Waals surface area contributed by atoms with Gasteiger partial charge in [0.05, 0.1) is 16.6 Å². The van der Waals surface area contributed by atoms with E-state index in [2.05, 4.69) is 9.97 Å². The van der Waals surface area contributed by atoms with Gasteiger partial charge >= 0.3 is 11.3 Å². The molecule has 1 aromatic heterocycles. The first kappa shape index (κ1) is 17.6. The maximum atomic E-state index is 12.8. The second-order valence-electron chi connectivity index (χ2n) is 5.78. The van der Waals surface area contributed by atoms with Gasteiger partial charge in [0.1, 0.15) is 5.75 Å². The number of para-hydroxylation sites is 1. The Labute approximate surface area is 145 Å². The van der Waals surface area contributed by atoms with Crippen molar-refractivity contribution < 1.29 is 17.7 Å². The lowest BCUT2D eigenvalue weighted by Crippen LogP contribution is -2.14. The van der Waals surface area contributed by atoms with Crippen LogP contribution in [0.15, 0.2) is 47.6 Å². The molecule has 0 saturated carbocycles. The molecule has 0 bridgehead atoms. The third-order valence-electron chi connectivity index (χ3n) is 3.76. The molecule has 2 aromatic carbocycles. The Morgan fingerprint density at radius 3 is 2.56 bits per heavy atom. The highest BCUT2D eigenvalue weighted by molar-refractivity contribution is 7.90. The Hall–Kier alpha value is -2.19. The lowest BCUT2D eigenvalue weighted by Gasteiger charge is -2.17. The first-order valence-corrected chi connectivity index (χ1v) is 8.78. The molecule has 4 nitrogen and oxygen atoms in total. The van der Waals surface area contributed by atoms with E-state index >= 15 is 0 Å². The fourth-order valence-electron chi connectivity index (χ4n) is 2.55. The second kappa shape index (κ2) is 6.61. The Bertz CT molecular complexity index is 892. The molecule has 1 heterocycles. The zero-order chi connectivity index (χ0) is 18.2. The van der Waals surface area contributed by atoms with E-state index in [9.17, 15) is 17.7 Å². The van der Waals surface area contributed by atoms with Gasteiger partial charge in [-0.05, 0) is 24.3 Å². The van der Waals surface area contributed by atoms with Crippen LogP contribution >= 0.6 is 0 Å². The number of benzene rings is 2. The Kier molecular flexibility index (Phi) is 4.66. The lowest BCUT2D eigenvalue weighted by atomic mass is 10.2. The largest absolute Gasteiger partial charge is 0.609 e. The van der Waals surface area contributed by atoms with Gasteiger partial charge < -0.3 is 9.45 Å². The Morgan fingerprint density at radius 1 is 1.16 bits per heavy atom. The second-order valence-corrected chi connectivity index (χ2v) is 7.15. The molecule has 132 valence electrons. The zero-order valence-corrected chi connectivity index (χ0v) is 14.4. The van der Waals surface area contributed by atoms with E-state index in [4.69, 9.17) is 0 Å². The van der Waals surface area contributed by atoms with Gasteiger partial charge in [0.15, 0.2) is 0 Å². The molecule has 0 fully saturated rings. The summed E-state index contributed by atoms with van der Waals surface area (Å²) in [5.41, 5.74) is 1.62. The van der Waals surface area contributed by atoms with E-state index in [1.165, 1.54) is 6.07 Å². The SMILES string of the molecule is CN(C)c1ccccc1C[S+]([O-])c1nc2cc(C(F)(F)F)ccc2[nH]1. The van der Waals surface area contributed by atoms with Gasteiger partial charge in [-0.15, -0.1) is 0 Å². The summed E-state index contributed by atoms with van der Waals surface area (Å²) >= 11 is -1.50. The number of halogens is 3. The predicted molar refractivity (Wildman–Crippen MR) is 92.0 cm³/mol. The first-order valence-electron chi connectivity index (χ1n) is 7.46. The smallest absolute Gasteiger partial charge is 0.416 e. The van der Waals surface area contributed by atoms with Crippen molar-refractivity contribution in [3.05, 3.63) is 53.6 Å². The van der Waals surface area contributed by atoms with Crippen LogP contribution in [0.5, 0.6) is 0 Å². The molecule has 1 N–H and O–H groups in total. The number of fused-ring (bicyclic) bond motifs is 1. The summed E-state index contributed by atoms with van der Waals surface area (Å²) < 4.78 is 51.0. The van der Waals surface area contributed by atoms with E-state index in [0.29, 0.717) is 5.52 Å². The van der Waals surface area contributed by atoms with E-state index in [1.54, 1.807) is 0 Å². The van der Waals surface area contributed by atoms with Crippen LogP contribution in [0.4, 0.5) is 18.9 Å². The standard InChI is InChI=1S/C17H16F3N3OS/c1-23(2)15-6-4-3-5-11(15)10-25(24)16-21-13-8-7-12(17(18,19)20)9-14(13)22-16/h3-9H,10H2,1-2H3,(H,21,22). The average molecular weight is 367 g/mol. The Morgan fingerprint density at radius 2 is 1.88 bits per heavy atom. The number of hydrogen-bond donors (Lipinski definition) is 1. The highest BCUT2D eigenvalue weighted by Gasteiger charge is 2.31. The van der Waals surface area contributed by atoms with Gasteiger partial charge in [-0.2, -0.15) is 18.2 Å². The van der Waals surface area contributed by atoms with Gasteiger partial charge in [0.2, 0.25) is 0 Å². The fourth-order valence-corrected chi connectivity index (χ4v) is 3.63. The minimum atomic E-state index is -4.43. The number of anilines is 1. The highest BCUT2D eigenvalue weighted by Crippen LogP contribution is 2.31. The minimum Gasteiger partial charge on any atom is -0.609 e. The summed E-state index contributed by atoms with van der Waals surface area (Å²) in [4.78, 5) is 8.86. The van der Waals surface area contributed by atoms with Crippen LogP contribution in [0.1, 0.15) is 11.1 Å². The maximum absolute atomic E-state index is 12.8. The van der Waals surface area contributed by atoms with Crippen molar-refractivity contribution in [2.24, 2.45) is 0 Å². The van der Waals surface area contributed by atoms with Crippen LogP contribution in [0.2, 0.25) is 0 Å². The van der Waals surface area contributed by atoms with Crippen molar-refractivity contribution in [3.63, 3.8) is 0 Å². The van der Waals surface area contributed by atoms with Gasteiger partial charge in [-0.25, -0.2) is 0 Å². The van der Waals surface area contributed by atoms with Gasteiger partial charge in [0.25, 0.3) is 0 Å². The van der Waals surface area contributed by atoms with Crippen molar-refractivity contribution in [1.29, 1.82) is 0 Å². The molecule has 0 aliphatic carbocycles. The summed E-state index contributed by atoms with van der Waals surface area (Å²) in [6.07, 6.45) is -4.43. The molecule has 0 amide bonds. The number of aromatic nitrogens is 2. The monoisotopic (exact) mass is 367 g/mol. The molecule has 1 atom stereocenters. The number of hydrogen-bond acceptors (Lipinski definition) is 3. The molecule has 3 aromatic rings. The summed E-state index contributed by atoms with van der Waals surface area (Å²) in [5.74, 6) is 0.223. The first-order chi connectivity index (χ1) is 11.8. The van der Waals surface area contributed by atoms with Gasteiger partial charge in [-0.1, -0.05) is 18.2 Å². The number of nitrogens with zero attached hydrogens (tertiary/aromatic N) is 2. The average Bonchev–Trinajstić information content (AvgIpc) is 2.97. The van der Waals surface area contributed by atoms with Crippen LogP contribution in [-0.4, -0.2) is 28.6 Å². The third-order valence-corrected chi connectivity index (χ3v) is 4.96. The minimum absolute atomic E-state index is 0.152. The molecule has 0 spiro atoms. The number of imidazole rings is 1. The molecule has 8 heteroatoms. The van der Waals surface area contributed by atoms with Crippen molar-refractivity contribution in [2.45, 2.75) is 17.1 Å². The van der Waals surface area contributed by atoms with Crippen LogP contribution in [0.3, 0.4) is 0 Å². The van der Waals surface area contributed by atoms with Crippen LogP contribution in [0, 0.1) is 0 Å². The molecule has 0 aliphatic rings. The molecular formula is C17H16F3N3OS. The predicted octanol–water partition coefficient (Wildman–Crippen LogP) is 3.96. The van der Waals surface area contributed by atoms with Crippen molar-refractivity contribution >= 4 is 27.9 Å². The van der Waals surface area contributed by atoms with E-state index in [0.717, 1.165) is 23.4 Å². The molecule has 0 radical (unpaired) electrons. The number of rotatable bonds is 4. The molecular weight excluding hydrogens is 351 g/mol. The van der Waals surface area contributed by atoms with Crippen LogP contribution < -0.4 is 4.90 Å². The summed E-state index contributed by atoms with van der Waals surface area (Å²) in [6.45, 7) is 0. The normalized spacial score (nSPS) is 13.2. The Balaban J connectivity index is 1.89. The van der Waals surface area contributed by atoms with Crippen LogP contribution in [-0.2, 0) is 23.1 Å². The molecule has 0 saturated heterocycles. The molecule has 0 aliphatic heterocycles. The van der Waals surface area contributed by atoms with Crippen LogP contribution in [0.25, 0.3) is 11.0 Å². The highest BCUT2D eigenvalue weighted by atomic mass is 32.2. The molecule has 1 unspecified atom stereocenters. The number of alkyl halides is 3. The number of H-pyrrole nitrogens is 1. The number of nitrogens with one attached hydrogen (secondary N) is 1. The molecule has 25 heavy (non-hydrogen) atoms. The summed E-state index contributed by atoms with van der Waals surface area (Å²) in [6, 6.07) is 10.8. The molecule has 3 rings (SSSR count). The third kappa shape index (κ3) is 3.74. The quantitative estimate of drug-likeness (QED) is 0.711. The van der Waals surface area contributed by atoms with Gasteiger partial charge in [0, 0.05) is 36.5 Å². The number of aromatic amines is 1. The zero-order valence-electron chi connectivity index (χ0n) is 13.6. The summed E-state index contributed by atoms with van der Waals surface area (Å²) in [7, 11) is 3.78. The fraction of sp³-hybridized carbons (Fsp3) is 0.235. The maximum Gasteiger partial charge on any atom is 0.416 e. The van der Waals surface area contributed by atoms with Crippen molar-refractivity contribution in [1.82, 2.24) is 9.97 Å². The lowest BCUT2D eigenvalue weighted by molar-refractivity contribution is -0.137. The van der Waals surface area contributed by atoms with E-state index < -0.39 is 22.9 Å².